The van der Waals surface area contributed by atoms with Gasteiger partial charge in [-0.3, -0.25) is 4.79 Å². The van der Waals surface area contributed by atoms with Gasteiger partial charge in [-0.05, 0) is 33.2 Å². The molecule has 0 amide bonds. The summed E-state index contributed by atoms with van der Waals surface area (Å²) < 4.78 is 5.21. The number of ether oxygens (including phenoxy) is 1. The van der Waals surface area contributed by atoms with Crippen LogP contribution in [0, 0.1) is 10.8 Å². The quantitative estimate of drug-likeness (QED) is 0.694. The summed E-state index contributed by atoms with van der Waals surface area (Å²) in [6.07, 6.45) is 0. The molecule has 3 heteroatoms. The summed E-state index contributed by atoms with van der Waals surface area (Å²) in [4.78, 5) is 13.7. The van der Waals surface area contributed by atoms with Gasteiger partial charge in [-0.25, -0.2) is 0 Å². The summed E-state index contributed by atoms with van der Waals surface area (Å²) in [5.74, 6) is -0.128. The molecule has 0 fully saturated rings. The Labute approximate surface area is 100 Å². The van der Waals surface area contributed by atoms with Crippen LogP contribution in [0.25, 0.3) is 0 Å². The zero-order chi connectivity index (χ0) is 13.0. The molecule has 0 bridgehead atoms. The second-order valence-electron chi connectivity index (χ2n) is 6.68. The standard InChI is InChI=1S/C13H27NO2/c1-12(2,3)10-14(7)8-9-16-11(15)13(4,5)6/h8-10H2,1-7H3. The fraction of sp³-hybridized carbons (Fsp3) is 0.923. The molecule has 0 saturated carbocycles. The molecule has 16 heavy (non-hydrogen) atoms. The van der Waals surface area contributed by atoms with E-state index in [9.17, 15) is 4.79 Å². The van der Waals surface area contributed by atoms with Gasteiger partial charge in [0.1, 0.15) is 6.61 Å². The molecule has 0 saturated heterocycles. The van der Waals surface area contributed by atoms with Gasteiger partial charge in [0, 0.05) is 13.1 Å². The van der Waals surface area contributed by atoms with Crippen molar-refractivity contribution < 1.29 is 9.53 Å². The molecule has 3 nitrogen and oxygen atoms in total. The number of likely N-dealkylation sites (N-methyl/N-ethyl adjacent to an activating group) is 1. The highest BCUT2D eigenvalue weighted by Crippen LogP contribution is 2.16. The minimum Gasteiger partial charge on any atom is -0.464 e. The van der Waals surface area contributed by atoms with Gasteiger partial charge in [0.2, 0.25) is 0 Å². The Morgan fingerprint density at radius 2 is 1.62 bits per heavy atom. The Morgan fingerprint density at radius 1 is 1.12 bits per heavy atom. The molecule has 0 aliphatic carbocycles. The third-order valence-electron chi connectivity index (χ3n) is 2.06. The van der Waals surface area contributed by atoms with Gasteiger partial charge in [-0.1, -0.05) is 20.8 Å². The van der Waals surface area contributed by atoms with Crippen molar-refractivity contribution in [2.75, 3.05) is 26.7 Å². The predicted molar refractivity (Wildman–Crippen MR) is 67.4 cm³/mol. The first-order chi connectivity index (χ1) is 7.02. The van der Waals surface area contributed by atoms with Crippen molar-refractivity contribution in [2.24, 2.45) is 10.8 Å². The van der Waals surface area contributed by atoms with Gasteiger partial charge in [-0.2, -0.15) is 0 Å². The number of carbonyl (C=O) groups excluding carboxylic acids is 1. The summed E-state index contributed by atoms with van der Waals surface area (Å²) in [5, 5.41) is 0. The highest BCUT2D eigenvalue weighted by molar-refractivity contribution is 5.75. The van der Waals surface area contributed by atoms with Gasteiger partial charge in [0.25, 0.3) is 0 Å². The van der Waals surface area contributed by atoms with Crippen molar-refractivity contribution in [1.82, 2.24) is 4.90 Å². The average Bonchev–Trinajstić information content (AvgIpc) is 1.98. The fourth-order valence-electron chi connectivity index (χ4n) is 1.40. The monoisotopic (exact) mass is 229 g/mol. The minimum absolute atomic E-state index is 0.128. The first-order valence-corrected chi connectivity index (χ1v) is 5.88. The molecule has 0 N–H and O–H groups in total. The number of esters is 1. The topological polar surface area (TPSA) is 29.5 Å². The van der Waals surface area contributed by atoms with Gasteiger partial charge in [0.05, 0.1) is 5.41 Å². The molecule has 0 radical (unpaired) electrons. The Balaban J connectivity index is 3.79. The van der Waals surface area contributed by atoms with Crippen LogP contribution in [0.15, 0.2) is 0 Å². The van der Waals surface area contributed by atoms with Crippen molar-refractivity contribution in [3.63, 3.8) is 0 Å². The lowest BCUT2D eigenvalue weighted by molar-refractivity contribution is -0.153. The molecule has 0 aromatic heterocycles. The van der Waals surface area contributed by atoms with E-state index in [1.807, 2.05) is 20.8 Å². The molecule has 0 aromatic carbocycles. The molecular weight excluding hydrogens is 202 g/mol. The van der Waals surface area contributed by atoms with Gasteiger partial charge in [0.15, 0.2) is 0 Å². The van der Waals surface area contributed by atoms with Gasteiger partial charge >= 0.3 is 5.97 Å². The predicted octanol–water partition coefficient (Wildman–Crippen LogP) is 2.55. The van der Waals surface area contributed by atoms with Crippen LogP contribution in [0.2, 0.25) is 0 Å². The largest absolute Gasteiger partial charge is 0.464 e. The first-order valence-electron chi connectivity index (χ1n) is 5.88. The van der Waals surface area contributed by atoms with Crippen LogP contribution in [0.5, 0.6) is 0 Å². The lowest BCUT2D eigenvalue weighted by Crippen LogP contribution is -2.33. The molecule has 0 rings (SSSR count). The fourth-order valence-corrected chi connectivity index (χ4v) is 1.40. The summed E-state index contributed by atoms with van der Waals surface area (Å²) in [5.41, 5.74) is -0.120. The van der Waals surface area contributed by atoms with Crippen molar-refractivity contribution >= 4 is 5.97 Å². The summed E-state index contributed by atoms with van der Waals surface area (Å²) in [6.45, 7) is 14.5. The second-order valence-corrected chi connectivity index (χ2v) is 6.68. The smallest absolute Gasteiger partial charge is 0.311 e. The third-order valence-corrected chi connectivity index (χ3v) is 2.06. The molecule has 0 unspecified atom stereocenters. The highest BCUT2D eigenvalue weighted by atomic mass is 16.5. The molecule has 0 atom stereocenters. The normalized spacial score (nSPS) is 13.0. The second kappa shape index (κ2) is 5.67. The Bertz CT molecular complexity index is 223. The number of hydrogen-bond donors (Lipinski definition) is 0. The molecular formula is C13H27NO2. The Kier molecular flexibility index (Phi) is 5.47. The molecule has 96 valence electrons. The molecule has 0 spiro atoms. The number of hydrogen-bond acceptors (Lipinski definition) is 3. The number of nitrogens with zero attached hydrogens (tertiary/aromatic N) is 1. The van der Waals surface area contributed by atoms with Crippen LogP contribution in [-0.4, -0.2) is 37.6 Å². The maximum atomic E-state index is 11.5. The van der Waals surface area contributed by atoms with E-state index in [4.69, 9.17) is 4.74 Å². The lowest BCUT2D eigenvalue weighted by atomic mass is 9.96. The Hall–Kier alpha value is -0.570. The van der Waals surface area contributed by atoms with Crippen LogP contribution >= 0.6 is 0 Å². The molecule has 0 aliphatic heterocycles. The van der Waals surface area contributed by atoms with E-state index < -0.39 is 5.41 Å². The van der Waals surface area contributed by atoms with Crippen LogP contribution in [0.4, 0.5) is 0 Å². The van der Waals surface area contributed by atoms with Crippen molar-refractivity contribution in [3.8, 4) is 0 Å². The molecule has 0 heterocycles. The van der Waals surface area contributed by atoms with E-state index in [1.165, 1.54) is 0 Å². The lowest BCUT2D eigenvalue weighted by Gasteiger charge is -2.26. The van der Waals surface area contributed by atoms with E-state index in [0.717, 1.165) is 13.1 Å². The van der Waals surface area contributed by atoms with Crippen molar-refractivity contribution in [1.29, 1.82) is 0 Å². The van der Waals surface area contributed by atoms with Gasteiger partial charge < -0.3 is 9.64 Å². The van der Waals surface area contributed by atoms with Gasteiger partial charge in [-0.15, -0.1) is 0 Å². The maximum absolute atomic E-state index is 11.5. The summed E-state index contributed by atoms with van der Waals surface area (Å²) >= 11 is 0. The van der Waals surface area contributed by atoms with Crippen LogP contribution in [-0.2, 0) is 9.53 Å². The van der Waals surface area contributed by atoms with E-state index in [2.05, 4.69) is 32.7 Å². The zero-order valence-corrected chi connectivity index (χ0v) is 11.9. The number of rotatable bonds is 4. The molecule has 0 aliphatic rings. The minimum atomic E-state index is -0.400. The van der Waals surface area contributed by atoms with Crippen LogP contribution in [0.1, 0.15) is 41.5 Å². The van der Waals surface area contributed by atoms with Crippen molar-refractivity contribution in [2.45, 2.75) is 41.5 Å². The van der Waals surface area contributed by atoms with Crippen LogP contribution in [0.3, 0.4) is 0 Å². The van der Waals surface area contributed by atoms with E-state index in [1.54, 1.807) is 0 Å². The number of carbonyl (C=O) groups is 1. The van der Waals surface area contributed by atoms with Crippen LogP contribution < -0.4 is 0 Å². The van der Waals surface area contributed by atoms with E-state index in [0.29, 0.717) is 6.61 Å². The van der Waals surface area contributed by atoms with Crippen molar-refractivity contribution in [3.05, 3.63) is 0 Å². The molecule has 0 aromatic rings. The average molecular weight is 229 g/mol. The maximum Gasteiger partial charge on any atom is 0.311 e. The zero-order valence-electron chi connectivity index (χ0n) is 11.9. The third kappa shape index (κ3) is 7.69. The first kappa shape index (κ1) is 15.4. The van der Waals surface area contributed by atoms with E-state index in [-0.39, 0.29) is 11.4 Å². The van der Waals surface area contributed by atoms with E-state index >= 15 is 0 Å². The highest BCUT2D eigenvalue weighted by Gasteiger charge is 2.23. The summed E-state index contributed by atoms with van der Waals surface area (Å²) in [7, 11) is 2.05. The Morgan fingerprint density at radius 3 is 2.00 bits per heavy atom. The SMILES string of the molecule is CN(CCOC(=O)C(C)(C)C)CC(C)(C)C. The summed E-state index contributed by atoms with van der Waals surface area (Å²) in [6, 6.07) is 0.